The predicted molar refractivity (Wildman–Crippen MR) is 68.4 cm³/mol. The quantitative estimate of drug-likeness (QED) is 0.740. The van der Waals surface area contributed by atoms with Crippen LogP contribution in [0.5, 0.6) is 0 Å². The number of likely N-dealkylation sites (tertiary alicyclic amines) is 1. The second-order valence-corrected chi connectivity index (χ2v) is 4.89. The Kier molecular flexibility index (Phi) is 5.59. The molecule has 0 aliphatic carbocycles. The number of carboxylic acid groups (broad SMARTS) is 1. The van der Waals surface area contributed by atoms with Crippen molar-refractivity contribution >= 4 is 17.9 Å². The molecule has 0 radical (unpaired) electrons. The van der Waals surface area contributed by atoms with Crippen LogP contribution in [-0.2, 0) is 9.59 Å². The smallest absolute Gasteiger partial charge is 0.319 e. The summed E-state index contributed by atoms with van der Waals surface area (Å²) in [5.74, 6) is -1.51. The highest BCUT2D eigenvalue weighted by Gasteiger charge is 2.28. The molecule has 1 saturated heterocycles. The van der Waals surface area contributed by atoms with Crippen LogP contribution in [-0.4, -0.2) is 59.5 Å². The number of carbonyl (C=O) groups is 3. The molecule has 1 heterocycles. The lowest BCUT2D eigenvalue weighted by atomic mass is 9.98. The zero-order valence-corrected chi connectivity index (χ0v) is 11.2. The van der Waals surface area contributed by atoms with Crippen LogP contribution in [0.15, 0.2) is 0 Å². The number of carboxylic acids is 1. The van der Waals surface area contributed by atoms with Gasteiger partial charge in [0.1, 0.15) is 0 Å². The number of hydrogen-bond donors (Lipinski definition) is 2. The van der Waals surface area contributed by atoms with Crippen LogP contribution in [0.25, 0.3) is 0 Å². The van der Waals surface area contributed by atoms with E-state index in [0.29, 0.717) is 26.1 Å². The van der Waals surface area contributed by atoms with Gasteiger partial charge in [0, 0.05) is 33.1 Å². The molecule has 1 aliphatic rings. The summed E-state index contributed by atoms with van der Waals surface area (Å²) in [6.45, 7) is 1.37. The zero-order chi connectivity index (χ0) is 14.4. The molecule has 7 nitrogen and oxygen atoms in total. The molecule has 1 unspecified atom stereocenters. The Morgan fingerprint density at radius 3 is 2.68 bits per heavy atom. The molecular weight excluding hydrogens is 250 g/mol. The van der Waals surface area contributed by atoms with Crippen LogP contribution in [0.2, 0.25) is 0 Å². The second kappa shape index (κ2) is 6.96. The third-order valence-electron chi connectivity index (χ3n) is 3.30. The molecule has 0 aromatic rings. The minimum Gasteiger partial charge on any atom is -0.481 e. The van der Waals surface area contributed by atoms with Gasteiger partial charge in [0.05, 0.1) is 5.92 Å². The summed E-state index contributed by atoms with van der Waals surface area (Å²) in [6.07, 6.45) is 1.95. The standard InChI is InChI=1S/C12H21N3O4/c1-14(6-3-5-10(16)17)12(19)15-7-2-4-9(8-15)11(13)18/h9H,2-8H2,1H3,(H2,13,18)(H,16,17). The molecule has 1 fully saturated rings. The highest BCUT2D eigenvalue weighted by molar-refractivity contribution is 5.79. The molecule has 0 aromatic carbocycles. The maximum absolute atomic E-state index is 12.1. The first-order valence-corrected chi connectivity index (χ1v) is 6.43. The highest BCUT2D eigenvalue weighted by atomic mass is 16.4. The van der Waals surface area contributed by atoms with Crippen molar-refractivity contribution in [3.05, 3.63) is 0 Å². The van der Waals surface area contributed by atoms with E-state index >= 15 is 0 Å². The van der Waals surface area contributed by atoms with E-state index in [1.807, 2.05) is 0 Å². The molecule has 108 valence electrons. The molecule has 3 N–H and O–H groups in total. The molecule has 0 saturated carbocycles. The van der Waals surface area contributed by atoms with E-state index in [-0.39, 0.29) is 24.3 Å². The first kappa shape index (κ1) is 15.3. The maximum atomic E-state index is 12.1. The van der Waals surface area contributed by atoms with Crippen LogP contribution < -0.4 is 5.73 Å². The molecule has 1 atom stereocenters. The van der Waals surface area contributed by atoms with Gasteiger partial charge in [0.25, 0.3) is 0 Å². The van der Waals surface area contributed by atoms with E-state index in [1.165, 1.54) is 4.90 Å². The van der Waals surface area contributed by atoms with Crippen molar-refractivity contribution in [2.75, 3.05) is 26.7 Å². The van der Waals surface area contributed by atoms with E-state index in [1.54, 1.807) is 11.9 Å². The van der Waals surface area contributed by atoms with Gasteiger partial charge in [0.15, 0.2) is 0 Å². The summed E-state index contributed by atoms with van der Waals surface area (Å²) in [4.78, 5) is 36.7. The van der Waals surface area contributed by atoms with Gasteiger partial charge in [-0.2, -0.15) is 0 Å². The van der Waals surface area contributed by atoms with Crippen LogP contribution in [0.1, 0.15) is 25.7 Å². The number of piperidine rings is 1. The van der Waals surface area contributed by atoms with E-state index in [2.05, 4.69) is 0 Å². The van der Waals surface area contributed by atoms with Crippen LogP contribution in [0, 0.1) is 5.92 Å². The summed E-state index contributed by atoms with van der Waals surface area (Å²) in [6, 6.07) is -0.170. The topological polar surface area (TPSA) is 104 Å². The van der Waals surface area contributed by atoms with E-state index in [0.717, 1.165) is 12.8 Å². The maximum Gasteiger partial charge on any atom is 0.319 e. The average molecular weight is 271 g/mol. The summed E-state index contributed by atoms with van der Waals surface area (Å²) < 4.78 is 0. The number of nitrogens with zero attached hydrogens (tertiary/aromatic N) is 2. The van der Waals surface area contributed by atoms with Crippen molar-refractivity contribution in [1.82, 2.24) is 9.80 Å². The van der Waals surface area contributed by atoms with Gasteiger partial charge in [-0.25, -0.2) is 4.79 Å². The molecule has 0 aromatic heterocycles. The lowest BCUT2D eigenvalue weighted by Gasteiger charge is -2.34. The summed E-state index contributed by atoms with van der Waals surface area (Å²) in [5.41, 5.74) is 5.26. The Hall–Kier alpha value is -1.79. The lowest BCUT2D eigenvalue weighted by Crippen LogP contribution is -2.48. The Balaban J connectivity index is 2.42. The largest absolute Gasteiger partial charge is 0.481 e. The number of nitrogens with two attached hydrogens (primary N) is 1. The molecule has 1 aliphatic heterocycles. The van der Waals surface area contributed by atoms with E-state index in [4.69, 9.17) is 10.8 Å². The highest BCUT2D eigenvalue weighted by Crippen LogP contribution is 2.17. The number of aliphatic carboxylic acids is 1. The lowest BCUT2D eigenvalue weighted by molar-refractivity contribution is -0.137. The molecular formula is C12H21N3O4. The number of amides is 3. The fraction of sp³-hybridized carbons (Fsp3) is 0.750. The Morgan fingerprint density at radius 1 is 1.42 bits per heavy atom. The number of hydrogen-bond acceptors (Lipinski definition) is 3. The van der Waals surface area contributed by atoms with Crippen molar-refractivity contribution in [2.45, 2.75) is 25.7 Å². The molecule has 3 amide bonds. The van der Waals surface area contributed by atoms with Crippen molar-refractivity contribution in [1.29, 1.82) is 0 Å². The summed E-state index contributed by atoms with van der Waals surface area (Å²) in [5, 5.41) is 8.54. The van der Waals surface area contributed by atoms with Gasteiger partial charge in [0.2, 0.25) is 5.91 Å². The fourth-order valence-corrected chi connectivity index (χ4v) is 2.19. The van der Waals surface area contributed by atoms with E-state index in [9.17, 15) is 14.4 Å². The van der Waals surface area contributed by atoms with Gasteiger partial charge >= 0.3 is 12.0 Å². The minimum atomic E-state index is -0.868. The third-order valence-corrected chi connectivity index (χ3v) is 3.30. The summed E-state index contributed by atoms with van der Waals surface area (Å²) in [7, 11) is 1.64. The first-order chi connectivity index (χ1) is 8.91. The molecule has 7 heteroatoms. The van der Waals surface area contributed by atoms with Gasteiger partial charge in [-0.1, -0.05) is 0 Å². The van der Waals surface area contributed by atoms with Crippen LogP contribution in [0.3, 0.4) is 0 Å². The zero-order valence-electron chi connectivity index (χ0n) is 11.2. The Bertz CT molecular complexity index is 359. The average Bonchev–Trinajstić information content (AvgIpc) is 2.37. The number of rotatable bonds is 5. The second-order valence-electron chi connectivity index (χ2n) is 4.89. The summed E-state index contributed by atoms with van der Waals surface area (Å²) >= 11 is 0. The Morgan fingerprint density at radius 2 is 2.11 bits per heavy atom. The normalized spacial score (nSPS) is 19.0. The van der Waals surface area contributed by atoms with E-state index < -0.39 is 5.97 Å². The fourth-order valence-electron chi connectivity index (χ4n) is 2.19. The Labute approximate surface area is 112 Å². The van der Waals surface area contributed by atoms with Gasteiger partial charge in [-0.3, -0.25) is 9.59 Å². The van der Waals surface area contributed by atoms with Gasteiger partial charge < -0.3 is 20.6 Å². The van der Waals surface area contributed by atoms with Crippen LogP contribution in [0.4, 0.5) is 4.79 Å². The third kappa shape index (κ3) is 4.76. The molecule has 1 rings (SSSR count). The van der Waals surface area contributed by atoms with Crippen molar-refractivity contribution in [3.63, 3.8) is 0 Å². The minimum absolute atomic E-state index is 0.0432. The van der Waals surface area contributed by atoms with Gasteiger partial charge in [-0.15, -0.1) is 0 Å². The monoisotopic (exact) mass is 271 g/mol. The molecule has 19 heavy (non-hydrogen) atoms. The molecule has 0 spiro atoms. The van der Waals surface area contributed by atoms with Crippen molar-refractivity contribution in [2.24, 2.45) is 11.7 Å². The van der Waals surface area contributed by atoms with Gasteiger partial charge in [-0.05, 0) is 19.3 Å². The van der Waals surface area contributed by atoms with Crippen LogP contribution >= 0.6 is 0 Å². The number of carbonyl (C=O) groups excluding carboxylic acids is 2. The molecule has 0 bridgehead atoms. The first-order valence-electron chi connectivity index (χ1n) is 6.43. The number of primary amides is 1. The SMILES string of the molecule is CN(CCCC(=O)O)C(=O)N1CCCC(C(N)=O)C1. The predicted octanol–water partition coefficient (Wildman–Crippen LogP) is 0.100. The van der Waals surface area contributed by atoms with Crippen molar-refractivity contribution in [3.8, 4) is 0 Å². The van der Waals surface area contributed by atoms with Crippen molar-refractivity contribution < 1.29 is 19.5 Å². The number of urea groups is 1.